The first-order valence-electron chi connectivity index (χ1n) is 9.81. The maximum absolute atomic E-state index is 12.6. The molecule has 0 unspecified atom stereocenters. The SMILES string of the molecule is CCCCCCC(C)(CCCCCC)N(CC)C(=O)OP1(=O)OCO1. The standard InChI is InChI=1S/C18H36NO5P/c1-5-8-10-12-14-18(4,15-13-11-9-6-2)19(7-3)17(20)24-25(21)22-16-23-25/h5-16H2,1-4H3. The second-order valence-electron chi connectivity index (χ2n) is 7.04. The molecule has 1 aliphatic rings. The van der Waals surface area contributed by atoms with Gasteiger partial charge < -0.3 is 9.42 Å². The minimum atomic E-state index is -3.65. The van der Waals surface area contributed by atoms with Crippen molar-refractivity contribution >= 4 is 13.9 Å². The van der Waals surface area contributed by atoms with E-state index in [2.05, 4.69) is 20.8 Å². The molecule has 0 radical (unpaired) electrons. The Morgan fingerprint density at radius 1 is 1.00 bits per heavy atom. The molecule has 1 heterocycles. The third-order valence-electron chi connectivity index (χ3n) is 4.94. The van der Waals surface area contributed by atoms with Gasteiger partial charge in [-0.2, -0.15) is 0 Å². The molecule has 1 saturated heterocycles. The van der Waals surface area contributed by atoms with Crippen molar-refractivity contribution in [1.82, 2.24) is 4.90 Å². The Kier molecular flexibility index (Phi) is 10.1. The molecule has 0 bridgehead atoms. The Morgan fingerprint density at radius 3 is 1.88 bits per heavy atom. The van der Waals surface area contributed by atoms with Gasteiger partial charge in [0.2, 0.25) is 0 Å². The van der Waals surface area contributed by atoms with Crippen LogP contribution in [0.2, 0.25) is 0 Å². The second-order valence-corrected chi connectivity index (χ2v) is 8.64. The molecule has 1 amide bonds. The van der Waals surface area contributed by atoms with Gasteiger partial charge in [-0.25, -0.2) is 18.4 Å². The smallest absolute Gasteiger partial charge is 0.353 e. The lowest BCUT2D eigenvalue weighted by Gasteiger charge is -2.41. The topological polar surface area (TPSA) is 65.1 Å². The summed E-state index contributed by atoms with van der Waals surface area (Å²) in [6.45, 7) is 8.86. The van der Waals surface area contributed by atoms with E-state index in [9.17, 15) is 9.36 Å². The Bertz CT molecular complexity index is 423. The molecule has 148 valence electrons. The van der Waals surface area contributed by atoms with E-state index in [4.69, 9.17) is 13.6 Å². The molecule has 1 fully saturated rings. The van der Waals surface area contributed by atoms with Crippen LogP contribution in [0.1, 0.15) is 91.9 Å². The van der Waals surface area contributed by atoms with Gasteiger partial charge in [-0.1, -0.05) is 65.2 Å². The first-order chi connectivity index (χ1) is 11.9. The average Bonchev–Trinajstić information content (AvgIpc) is 2.55. The van der Waals surface area contributed by atoms with Crippen LogP contribution in [0.4, 0.5) is 4.79 Å². The number of amides is 1. The van der Waals surface area contributed by atoms with E-state index in [1.54, 1.807) is 4.90 Å². The fourth-order valence-corrected chi connectivity index (χ4v) is 4.00. The van der Waals surface area contributed by atoms with Crippen LogP contribution in [-0.4, -0.2) is 29.9 Å². The summed E-state index contributed by atoms with van der Waals surface area (Å²) in [4.78, 5) is 14.3. The molecule has 0 N–H and O–H groups in total. The molecule has 1 rings (SSSR count). The second kappa shape index (κ2) is 11.2. The number of hydrogen-bond donors (Lipinski definition) is 0. The zero-order valence-electron chi connectivity index (χ0n) is 16.4. The lowest BCUT2D eigenvalue weighted by atomic mass is 9.86. The van der Waals surface area contributed by atoms with Gasteiger partial charge in [0.1, 0.15) is 0 Å². The van der Waals surface area contributed by atoms with Gasteiger partial charge in [0, 0.05) is 12.1 Å². The number of carbonyl (C=O) groups is 1. The average molecular weight is 377 g/mol. The van der Waals surface area contributed by atoms with Crippen molar-refractivity contribution < 1.29 is 22.9 Å². The van der Waals surface area contributed by atoms with Gasteiger partial charge in [0.25, 0.3) is 0 Å². The molecule has 0 aromatic heterocycles. The first kappa shape index (κ1) is 22.5. The fraction of sp³-hybridized carbons (Fsp3) is 0.944. The summed E-state index contributed by atoms with van der Waals surface area (Å²) in [5.41, 5.74) is -0.294. The molecule has 0 aromatic carbocycles. The first-order valence-corrected chi connectivity index (χ1v) is 11.3. The molecular formula is C18H36NO5P. The predicted octanol–water partition coefficient (Wildman–Crippen LogP) is 6.26. The third kappa shape index (κ3) is 7.28. The fourth-order valence-electron chi connectivity index (χ4n) is 3.33. The Balaban J connectivity index is 2.72. The van der Waals surface area contributed by atoms with Crippen molar-refractivity contribution in [3.63, 3.8) is 0 Å². The van der Waals surface area contributed by atoms with E-state index in [1.165, 1.54) is 38.5 Å². The highest BCUT2D eigenvalue weighted by Gasteiger charge is 2.43. The summed E-state index contributed by atoms with van der Waals surface area (Å²) >= 11 is 0. The molecule has 7 heteroatoms. The Hall–Kier alpha value is -0.580. The van der Waals surface area contributed by atoms with Crippen LogP contribution in [0.25, 0.3) is 0 Å². The van der Waals surface area contributed by atoms with Crippen LogP contribution in [0.5, 0.6) is 0 Å². The van der Waals surface area contributed by atoms with Crippen LogP contribution >= 0.6 is 7.82 Å². The number of carbonyl (C=O) groups excluding carboxylic acids is 1. The number of phosphoric acid groups is 1. The monoisotopic (exact) mass is 377 g/mol. The van der Waals surface area contributed by atoms with Crippen LogP contribution in [0, 0.1) is 0 Å². The Labute approximate surface area is 153 Å². The van der Waals surface area contributed by atoms with Gasteiger partial charge >= 0.3 is 13.9 Å². The number of rotatable bonds is 13. The summed E-state index contributed by atoms with van der Waals surface area (Å²) in [6.07, 6.45) is 10.5. The van der Waals surface area contributed by atoms with Crippen molar-refractivity contribution in [2.75, 3.05) is 13.3 Å². The zero-order chi connectivity index (χ0) is 18.8. The minimum absolute atomic E-state index is 0.0814. The summed E-state index contributed by atoms with van der Waals surface area (Å²) < 4.78 is 26.5. The van der Waals surface area contributed by atoms with E-state index >= 15 is 0 Å². The summed E-state index contributed by atoms with van der Waals surface area (Å²) in [5.74, 6) is 0. The number of phosphoric ester groups is 1. The maximum atomic E-state index is 12.6. The Morgan fingerprint density at radius 2 is 1.52 bits per heavy atom. The molecular weight excluding hydrogens is 341 g/mol. The van der Waals surface area contributed by atoms with Gasteiger partial charge in [-0.3, -0.25) is 0 Å². The lowest BCUT2D eigenvalue weighted by molar-refractivity contribution is -0.0371. The molecule has 25 heavy (non-hydrogen) atoms. The summed E-state index contributed by atoms with van der Waals surface area (Å²) in [7, 11) is -3.65. The normalized spacial score (nSPS) is 16.3. The van der Waals surface area contributed by atoms with Crippen LogP contribution < -0.4 is 0 Å². The van der Waals surface area contributed by atoms with Crippen molar-refractivity contribution in [1.29, 1.82) is 0 Å². The summed E-state index contributed by atoms with van der Waals surface area (Å²) in [6, 6.07) is 0. The largest absolute Gasteiger partial charge is 0.537 e. The van der Waals surface area contributed by atoms with Crippen LogP contribution in [-0.2, 0) is 18.1 Å². The quantitative estimate of drug-likeness (QED) is 0.280. The minimum Gasteiger partial charge on any atom is -0.353 e. The molecule has 0 atom stereocenters. The van der Waals surface area contributed by atoms with Crippen molar-refractivity contribution in [2.45, 2.75) is 97.4 Å². The van der Waals surface area contributed by atoms with E-state index in [0.29, 0.717) is 6.54 Å². The highest BCUT2D eigenvalue weighted by atomic mass is 31.2. The maximum Gasteiger partial charge on any atom is 0.537 e. The zero-order valence-corrected chi connectivity index (χ0v) is 17.3. The third-order valence-corrected chi connectivity index (χ3v) is 6.16. The highest BCUT2D eigenvalue weighted by molar-refractivity contribution is 7.50. The molecule has 0 saturated carbocycles. The van der Waals surface area contributed by atoms with E-state index in [1.807, 2.05) is 6.92 Å². The number of nitrogens with zero attached hydrogens (tertiary/aromatic N) is 1. The van der Waals surface area contributed by atoms with Gasteiger partial charge in [-0.15, -0.1) is 0 Å². The van der Waals surface area contributed by atoms with Crippen molar-refractivity contribution in [2.24, 2.45) is 0 Å². The van der Waals surface area contributed by atoms with E-state index in [-0.39, 0.29) is 12.3 Å². The lowest BCUT2D eigenvalue weighted by Crippen LogP contribution is -2.50. The van der Waals surface area contributed by atoms with Crippen molar-refractivity contribution in [3.8, 4) is 0 Å². The van der Waals surface area contributed by atoms with E-state index < -0.39 is 13.9 Å². The van der Waals surface area contributed by atoms with Gasteiger partial charge in [0.05, 0.1) is 0 Å². The van der Waals surface area contributed by atoms with Crippen LogP contribution in [0.15, 0.2) is 0 Å². The molecule has 0 aliphatic carbocycles. The molecule has 6 nitrogen and oxygen atoms in total. The van der Waals surface area contributed by atoms with Gasteiger partial charge in [-0.05, 0) is 26.7 Å². The molecule has 0 spiro atoms. The van der Waals surface area contributed by atoms with Gasteiger partial charge in [0.15, 0.2) is 6.79 Å². The van der Waals surface area contributed by atoms with Crippen LogP contribution in [0.3, 0.4) is 0 Å². The highest BCUT2D eigenvalue weighted by Crippen LogP contribution is 2.57. The molecule has 0 aromatic rings. The number of unbranched alkanes of at least 4 members (excludes halogenated alkanes) is 6. The van der Waals surface area contributed by atoms with E-state index in [0.717, 1.165) is 25.7 Å². The predicted molar refractivity (Wildman–Crippen MR) is 99.4 cm³/mol. The molecule has 1 aliphatic heterocycles. The summed E-state index contributed by atoms with van der Waals surface area (Å²) in [5, 5.41) is 0. The number of hydrogen-bond acceptors (Lipinski definition) is 5. The van der Waals surface area contributed by atoms with Crippen molar-refractivity contribution in [3.05, 3.63) is 0 Å².